The Kier molecular flexibility index (Phi) is 4.42. The number of carbonyl (C=O) groups is 1. The van der Waals surface area contributed by atoms with Gasteiger partial charge in [0.2, 0.25) is 0 Å². The third kappa shape index (κ3) is 3.18. The van der Waals surface area contributed by atoms with Crippen LogP contribution in [0.25, 0.3) is 0 Å². The topological polar surface area (TPSA) is 64.0 Å². The van der Waals surface area contributed by atoms with Crippen LogP contribution in [0, 0.1) is 0 Å². The van der Waals surface area contributed by atoms with Crippen LogP contribution in [0.3, 0.4) is 0 Å². The molecule has 1 amide bonds. The maximum atomic E-state index is 12.0. The Hall–Kier alpha value is -1.85. The highest BCUT2D eigenvalue weighted by Gasteiger charge is 2.10. The predicted molar refractivity (Wildman–Crippen MR) is 78.6 cm³/mol. The molecular weight excluding hydrogens is 301 g/mol. The van der Waals surface area contributed by atoms with Crippen molar-refractivity contribution < 1.29 is 4.79 Å². The molecule has 1 N–H and O–H groups in total. The summed E-state index contributed by atoms with van der Waals surface area (Å²) in [7, 11) is 0. The molecule has 0 fully saturated rings. The van der Waals surface area contributed by atoms with Gasteiger partial charge < -0.3 is 9.88 Å². The molecule has 0 atom stereocenters. The molecule has 0 saturated heterocycles. The summed E-state index contributed by atoms with van der Waals surface area (Å²) in [5.41, 5.74) is 0.679. The minimum Gasteiger partial charge on any atom is -0.321 e. The van der Waals surface area contributed by atoms with Crippen molar-refractivity contribution in [3.8, 4) is 0 Å². The number of halogens is 2. The van der Waals surface area contributed by atoms with E-state index in [2.05, 4.69) is 10.3 Å². The van der Waals surface area contributed by atoms with Crippen LogP contribution in [0.4, 0.5) is 5.69 Å². The number of nitrogens with one attached hydrogen (secondary N) is 1. The molecule has 20 heavy (non-hydrogen) atoms. The number of carbonyl (C=O) groups excluding carboxylic acids is 1. The van der Waals surface area contributed by atoms with Crippen molar-refractivity contribution >= 4 is 34.8 Å². The molecule has 0 aliphatic rings. The van der Waals surface area contributed by atoms with Gasteiger partial charge in [0.15, 0.2) is 0 Å². The molecule has 5 nitrogen and oxygen atoms in total. The van der Waals surface area contributed by atoms with Gasteiger partial charge in [0, 0.05) is 25.0 Å². The number of anilines is 1. The van der Waals surface area contributed by atoms with Gasteiger partial charge in [-0.05, 0) is 19.1 Å². The summed E-state index contributed by atoms with van der Waals surface area (Å²) in [6.07, 6.45) is 2.91. The Labute approximate surface area is 125 Å². The van der Waals surface area contributed by atoms with Crippen molar-refractivity contribution in [1.29, 1.82) is 0 Å². The van der Waals surface area contributed by atoms with Gasteiger partial charge in [-0.2, -0.15) is 0 Å². The van der Waals surface area contributed by atoms with Gasteiger partial charge in [0.25, 0.3) is 11.5 Å². The van der Waals surface area contributed by atoms with E-state index < -0.39 is 0 Å². The molecule has 0 unspecified atom stereocenters. The van der Waals surface area contributed by atoms with Crippen molar-refractivity contribution in [2.75, 3.05) is 5.32 Å². The second kappa shape index (κ2) is 6.07. The number of pyridine rings is 2. The van der Waals surface area contributed by atoms with Gasteiger partial charge in [0.05, 0.1) is 16.3 Å². The first kappa shape index (κ1) is 14.6. The summed E-state index contributed by atoms with van der Waals surface area (Å²) in [6.45, 7) is 2.37. The maximum Gasteiger partial charge on any atom is 0.257 e. The fourth-order valence-corrected chi connectivity index (χ4v) is 1.87. The van der Waals surface area contributed by atoms with Crippen LogP contribution in [0.2, 0.25) is 10.2 Å². The molecule has 2 aromatic heterocycles. The number of hydrogen-bond acceptors (Lipinski definition) is 3. The van der Waals surface area contributed by atoms with E-state index in [9.17, 15) is 9.59 Å². The Morgan fingerprint density at radius 1 is 1.40 bits per heavy atom. The lowest BCUT2D eigenvalue weighted by Crippen LogP contribution is -2.19. The molecule has 0 bridgehead atoms. The van der Waals surface area contributed by atoms with E-state index in [1.165, 1.54) is 29.0 Å². The third-order valence-electron chi connectivity index (χ3n) is 2.64. The smallest absolute Gasteiger partial charge is 0.257 e. The van der Waals surface area contributed by atoms with E-state index in [0.29, 0.717) is 12.2 Å². The second-order valence-electron chi connectivity index (χ2n) is 3.99. The standard InChI is InChI=1S/C13H11Cl2N3O2/c1-2-18-7-9(3-4-11(18)19)17-13(20)8-5-10(14)12(15)16-6-8/h3-7H,2H2,1H3,(H,17,20). The number of rotatable bonds is 3. The zero-order valence-electron chi connectivity index (χ0n) is 10.6. The zero-order valence-corrected chi connectivity index (χ0v) is 12.1. The summed E-state index contributed by atoms with van der Waals surface area (Å²) in [5.74, 6) is -0.377. The van der Waals surface area contributed by atoms with E-state index in [0.717, 1.165) is 0 Å². The number of aryl methyl sites for hydroxylation is 1. The Morgan fingerprint density at radius 2 is 2.15 bits per heavy atom. The van der Waals surface area contributed by atoms with E-state index in [1.807, 2.05) is 6.92 Å². The van der Waals surface area contributed by atoms with Gasteiger partial charge in [-0.1, -0.05) is 23.2 Å². The normalized spacial score (nSPS) is 10.3. The molecule has 7 heteroatoms. The highest BCUT2D eigenvalue weighted by atomic mass is 35.5. The van der Waals surface area contributed by atoms with Gasteiger partial charge in [-0.3, -0.25) is 9.59 Å². The average molecular weight is 312 g/mol. The summed E-state index contributed by atoms with van der Waals surface area (Å²) >= 11 is 11.5. The summed E-state index contributed by atoms with van der Waals surface area (Å²) < 4.78 is 1.49. The van der Waals surface area contributed by atoms with E-state index in [4.69, 9.17) is 23.2 Å². The van der Waals surface area contributed by atoms with Crippen LogP contribution < -0.4 is 10.9 Å². The van der Waals surface area contributed by atoms with Gasteiger partial charge in [-0.15, -0.1) is 0 Å². The van der Waals surface area contributed by atoms with Crippen LogP contribution in [-0.4, -0.2) is 15.5 Å². The Morgan fingerprint density at radius 3 is 2.80 bits per heavy atom. The summed E-state index contributed by atoms with van der Waals surface area (Å²) in [5, 5.41) is 3.01. The largest absolute Gasteiger partial charge is 0.321 e. The molecule has 0 aromatic carbocycles. The first-order valence-corrected chi connectivity index (χ1v) is 6.59. The second-order valence-corrected chi connectivity index (χ2v) is 4.76. The number of hydrogen-bond donors (Lipinski definition) is 1. The fraction of sp³-hybridized carbons (Fsp3) is 0.154. The van der Waals surface area contributed by atoms with Crippen LogP contribution in [-0.2, 0) is 6.54 Å². The molecule has 0 saturated carbocycles. The molecular formula is C13H11Cl2N3O2. The molecule has 0 aliphatic heterocycles. The van der Waals surface area contributed by atoms with Crippen molar-refractivity contribution in [2.24, 2.45) is 0 Å². The van der Waals surface area contributed by atoms with Crippen molar-refractivity contribution in [3.05, 3.63) is 56.7 Å². The minimum absolute atomic E-state index is 0.123. The number of amides is 1. The number of aromatic nitrogens is 2. The lowest BCUT2D eigenvalue weighted by Gasteiger charge is -2.08. The predicted octanol–water partition coefficient (Wildman–Crippen LogP) is 2.82. The molecule has 2 aromatic rings. The summed E-state index contributed by atoms with van der Waals surface area (Å²) in [6, 6.07) is 4.37. The van der Waals surface area contributed by atoms with Crippen molar-refractivity contribution in [3.63, 3.8) is 0 Å². The number of nitrogens with zero attached hydrogens (tertiary/aromatic N) is 2. The van der Waals surface area contributed by atoms with E-state index in [-0.39, 0.29) is 27.2 Å². The first-order chi connectivity index (χ1) is 9.51. The molecule has 0 radical (unpaired) electrons. The highest BCUT2D eigenvalue weighted by molar-refractivity contribution is 6.41. The molecule has 0 spiro atoms. The van der Waals surface area contributed by atoms with Gasteiger partial charge in [0.1, 0.15) is 5.15 Å². The van der Waals surface area contributed by atoms with Crippen molar-refractivity contribution in [1.82, 2.24) is 9.55 Å². The van der Waals surface area contributed by atoms with Gasteiger partial charge in [-0.25, -0.2) is 4.98 Å². The average Bonchev–Trinajstić information content (AvgIpc) is 2.43. The highest BCUT2D eigenvalue weighted by Crippen LogP contribution is 2.20. The first-order valence-electron chi connectivity index (χ1n) is 5.84. The Balaban J connectivity index is 2.23. The van der Waals surface area contributed by atoms with Crippen LogP contribution >= 0.6 is 23.2 Å². The lowest BCUT2D eigenvalue weighted by molar-refractivity contribution is 0.102. The third-order valence-corrected chi connectivity index (χ3v) is 3.33. The van der Waals surface area contributed by atoms with Gasteiger partial charge >= 0.3 is 0 Å². The lowest BCUT2D eigenvalue weighted by atomic mass is 10.2. The quantitative estimate of drug-likeness (QED) is 0.886. The van der Waals surface area contributed by atoms with Crippen LogP contribution in [0.15, 0.2) is 35.4 Å². The SMILES string of the molecule is CCn1cc(NC(=O)c2cnc(Cl)c(Cl)c2)ccc1=O. The minimum atomic E-state index is -0.377. The monoisotopic (exact) mass is 311 g/mol. The maximum absolute atomic E-state index is 12.0. The molecule has 0 aliphatic carbocycles. The van der Waals surface area contributed by atoms with Crippen LogP contribution in [0.1, 0.15) is 17.3 Å². The molecule has 104 valence electrons. The Bertz CT molecular complexity index is 713. The molecule has 2 rings (SSSR count). The zero-order chi connectivity index (χ0) is 14.7. The van der Waals surface area contributed by atoms with E-state index >= 15 is 0 Å². The summed E-state index contributed by atoms with van der Waals surface area (Å²) in [4.78, 5) is 27.3. The fourth-order valence-electron chi connectivity index (χ4n) is 1.60. The van der Waals surface area contributed by atoms with E-state index in [1.54, 1.807) is 6.20 Å². The van der Waals surface area contributed by atoms with Crippen molar-refractivity contribution in [2.45, 2.75) is 13.5 Å². The molecule has 2 heterocycles. The van der Waals surface area contributed by atoms with Crippen LogP contribution in [0.5, 0.6) is 0 Å².